The van der Waals surface area contributed by atoms with Crippen molar-refractivity contribution in [2.24, 2.45) is 5.16 Å². The summed E-state index contributed by atoms with van der Waals surface area (Å²) < 4.78 is 19.6. The van der Waals surface area contributed by atoms with Gasteiger partial charge in [-0.25, -0.2) is 24.1 Å². The molecule has 3 atom stereocenters. The molecule has 2 aliphatic heterocycles. The third-order valence-electron chi connectivity index (χ3n) is 8.34. The number of aliphatic carboxylic acids is 1. The van der Waals surface area contributed by atoms with Crippen LogP contribution in [0.5, 0.6) is 11.5 Å². The second kappa shape index (κ2) is 16.1. The van der Waals surface area contributed by atoms with E-state index in [0.29, 0.717) is 10.7 Å². The number of phenols is 2. The Morgan fingerprint density at radius 2 is 1.86 bits per heavy atom. The number of thiazole rings is 1. The van der Waals surface area contributed by atoms with Gasteiger partial charge in [0.15, 0.2) is 22.3 Å². The fraction of sp³-hybridized carbons (Fsp3) is 0.281. The first-order valence-corrected chi connectivity index (χ1v) is 19.7. The predicted molar refractivity (Wildman–Crippen MR) is 201 cm³/mol. The van der Waals surface area contributed by atoms with Crippen molar-refractivity contribution in [3.05, 3.63) is 63.7 Å². The minimum Gasteiger partial charge on any atom is -0.504 e. The molecule has 0 spiro atoms. The third kappa shape index (κ3) is 8.09. The molecule has 6 rings (SSSR count). The topological polar surface area (TPSA) is 332 Å². The molecule has 0 radical (unpaired) electrons. The van der Waals surface area contributed by atoms with Gasteiger partial charge >= 0.3 is 11.9 Å². The smallest absolute Gasteiger partial charge is 0.378 e. The van der Waals surface area contributed by atoms with Gasteiger partial charge in [-0.1, -0.05) is 5.16 Å². The monoisotopic (exact) mass is 857 g/mol. The summed E-state index contributed by atoms with van der Waals surface area (Å²) in [7, 11) is -0.734. The first kappa shape index (κ1) is 41.0. The average molecular weight is 858 g/mol. The van der Waals surface area contributed by atoms with Gasteiger partial charge in [-0.2, -0.15) is 4.98 Å². The van der Waals surface area contributed by atoms with Crippen molar-refractivity contribution in [2.45, 2.75) is 42.8 Å². The number of thioether (sulfide) groups is 1. The lowest BCUT2D eigenvalue weighted by atomic mass is 10.0. The first-order valence-electron chi connectivity index (χ1n) is 16.4. The van der Waals surface area contributed by atoms with E-state index in [9.17, 15) is 48.3 Å². The number of carbonyl (C=O) groups excluding carboxylic acids is 5. The minimum absolute atomic E-state index is 0.0223. The van der Waals surface area contributed by atoms with Crippen LogP contribution in [0.15, 0.2) is 51.1 Å². The van der Waals surface area contributed by atoms with Gasteiger partial charge in [-0.15, -0.1) is 28.2 Å². The molecule has 5 heterocycles. The van der Waals surface area contributed by atoms with Gasteiger partial charge in [0.2, 0.25) is 5.60 Å². The highest BCUT2D eigenvalue weighted by molar-refractivity contribution is 7.99. The summed E-state index contributed by atoms with van der Waals surface area (Å²) in [4.78, 5) is 95.7. The number of aromatic hydroxyl groups is 2. The van der Waals surface area contributed by atoms with Gasteiger partial charge < -0.3 is 35.9 Å². The lowest BCUT2D eigenvalue weighted by molar-refractivity contribution is -0.150. The molecule has 4 amide bonds. The number of hydrogen-bond acceptors (Lipinski definition) is 19. The number of esters is 1. The molecule has 0 aliphatic carbocycles. The SMILES string of the molecule is COC(=O)c1nc2nc(SCC3=C(C(=O)O)N4C(=O)[C@@H](NC(=O)C(=NOC(C)(C)C(=O)NNC(=O)c5ccc(O)c(O)c5)c5csc(N)n5)[C@H]4S(=O)C3)cc(C)n2n1. The summed E-state index contributed by atoms with van der Waals surface area (Å²) in [6.07, 6.45) is 0. The summed E-state index contributed by atoms with van der Waals surface area (Å²) in [6, 6.07) is 3.37. The second-order valence-electron chi connectivity index (χ2n) is 12.7. The number of hydrazine groups is 1. The molecular formula is C32H31N11O12S3. The molecule has 26 heteroatoms. The fourth-order valence-electron chi connectivity index (χ4n) is 5.37. The summed E-state index contributed by atoms with van der Waals surface area (Å²) in [6.45, 7) is 4.17. The summed E-state index contributed by atoms with van der Waals surface area (Å²) in [5.41, 5.74) is 7.64. The van der Waals surface area contributed by atoms with E-state index < -0.39 is 86.3 Å². The number of nitrogens with zero attached hydrogens (tertiary/aromatic N) is 7. The van der Waals surface area contributed by atoms with Crippen LogP contribution in [-0.4, -0.2) is 126 Å². The first-order chi connectivity index (χ1) is 27.4. The number of nitrogen functional groups attached to an aromatic ring is 1. The quantitative estimate of drug-likeness (QED) is 0.0174. The Balaban J connectivity index is 1.15. The Morgan fingerprint density at radius 3 is 2.52 bits per heavy atom. The van der Waals surface area contributed by atoms with Crippen molar-refractivity contribution in [2.75, 3.05) is 24.3 Å². The molecule has 1 saturated heterocycles. The number of carboxylic acid groups (broad SMARTS) is 1. The highest BCUT2D eigenvalue weighted by Crippen LogP contribution is 2.37. The number of amides is 4. The van der Waals surface area contributed by atoms with E-state index in [-0.39, 0.29) is 45.1 Å². The number of ether oxygens (including phenoxy) is 1. The number of nitrogens with one attached hydrogen (secondary N) is 3. The Kier molecular flexibility index (Phi) is 11.3. The van der Waals surface area contributed by atoms with Crippen molar-refractivity contribution in [3.63, 3.8) is 0 Å². The standard InChI is InChI=1S/C32H31N11O12S3/c1-12-7-18(35-31-37-22(28(51)54-4)40-43(12)31)56-9-14-11-58(53)26-20(25(48)42(26)21(14)27(49)50)36-24(47)19(15-10-57-30(33)34-15)41-55-32(2,3)29(52)39-38-23(46)13-5-6-16(44)17(45)8-13/h5-8,10,20,26,44-45H,9,11H2,1-4H3,(H2,33,34)(H,36,47)(H,38,46)(H,39,52)(H,49,50)/t20-,26-,58?/m1/s1. The number of anilines is 1. The van der Waals surface area contributed by atoms with Crippen LogP contribution in [0.4, 0.5) is 5.13 Å². The Hall–Kier alpha value is -6.67. The molecule has 3 aromatic heterocycles. The number of aryl methyl sites for hydroxylation is 1. The molecule has 1 unspecified atom stereocenters. The summed E-state index contributed by atoms with van der Waals surface area (Å²) in [5.74, 6) is -7.48. The molecule has 0 saturated carbocycles. The van der Waals surface area contributed by atoms with E-state index >= 15 is 0 Å². The molecule has 0 bridgehead atoms. The molecular weight excluding hydrogens is 827 g/mol. The Morgan fingerprint density at radius 1 is 1.12 bits per heavy atom. The van der Waals surface area contributed by atoms with E-state index in [1.165, 1.54) is 36.9 Å². The lowest BCUT2D eigenvalue weighted by Crippen LogP contribution is -2.74. The van der Waals surface area contributed by atoms with Crippen LogP contribution < -0.4 is 21.9 Å². The number of carbonyl (C=O) groups is 6. The number of aromatic nitrogens is 5. The lowest BCUT2D eigenvalue weighted by Gasteiger charge is -2.49. The van der Waals surface area contributed by atoms with Gasteiger partial charge in [0.05, 0.1) is 23.7 Å². The second-order valence-corrected chi connectivity index (χ2v) is 16.1. The number of rotatable bonds is 12. The highest BCUT2D eigenvalue weighted by Gasteiger charge is 2.57. The van der Waals surface area contributed by atoms with Crippen molar-refractivity contribution in [3.8, 4) is 11.5 Å². The number of benzene rings is 1. The minimum atomic E-state index is -1.91. The van der Waals surface area contributed by atoms with Crippen LogP contribution in [-0.2, 0) is 39.6 Å². The summed E-state index contributed by atoms with van der Waals surface area (Å²) in [5, 5.41) is 40.1. The number of nitrogens with two attached hydrogens (primary N) is 1. The van der Waals surface area contributed by atoms with Crippen LogP contribution in [0.1, 0.15) is 46.2 Å². The van der Waals surface area contributed by atoms with E-state index in [1.54, 1.807) is 13.0 Å². The largest absolute Gasteiger partial charge is 0.504 e. The zero-order chi connectivity index (χ0) is 42.2. The molecule has 23 nitrogen and oxygen atoms in total. The fourth-order valence-corrected chi connectivity index (χ4v) is 8.70. The van der Waals surface area contributed by atoms with E-state index in [2.05, 4.69) is 46.1 Å². The van der Waals surface area contributed by atoms with Gasteiger partial charge in [-0.05, 0) is 50.6 Å². The van der Waals surface area contributed by atoms with Crippen LogP contribution in [0, 0.1) is 6.92 Å². The summed E-state index contributed by atoms with van der Waals surface area (Å²) >= 11 is 2.01. The zero-order valence-corrected chi connectivity index (χ0v) is 32.9. The van der Waals surface area contributed by atoms with Crippen molar-refractivity contribution in [1.82, 2.24) is 45.6 Å². The van der Waals surface area contributed by atoms with Crippen LogP contribution >= 0.6 is 23.1 Å². The number of oxime groups is 1. The normalized spacial score (nSPS) is 17.9. The van der Waals surface area contributed by atoms with Gasteiger partial charge in [-0.3, -0.25) is 39.1 Å². The Bertz CT molecular complexity index is 2500. The van der Waals surface area contributed by atoms with Crippen LogP contribution in [0.25, 0.3) is 5.78 Å². The van der Waals surface area contributed by atoms with Gasteiger partial charge in [0.25, 0.3) is 35.2 Å². The average Bonchev–Trinajstić information content (AvgIpc) is 3.82. The maximum Gasteiger partial charge on any atom is 0.378 e. The molecule has 304 valence electrons. The predicted octanol–water partition coefficient (Wildman–Crippen LogP) is -0.824. The number of hydrogen-bond donors (Lipinski definition) is 7. The highest BCUT2D eigenvalue weighted by atomic mass is 32.2. The van der Waals surface area contributed by atoms with E-state index in [1.807, 2.05) is 0 Å². The maximum atomic E-state index is 13.7. The van der Waals surface area contributed by atoms with Crippen molar-refractivity contribution >= 4 is 86.1 Å². The molecule has 1 fully saturated rings. The maximum absolute atomic E-state index is 13.7. The number of phenolic OH excluding ortho intramolecular Hbond substituents is 2. The molecule has 2 aliphatic rings. The van der Waals surface area contributed by atoms with Crippen LogP contribution in [0.3, 0.4) is 0 Å². The molecule has 8 N–H and O–H groups in total. The molecule has 1 aromatic carbocycles. The van der Waals surface area contributed by atoms with Gasteiger partial charge in [0, 0.05) is 22.4 Å². The van der Waals surface area contributed by atoms with E-state index in [0.717, 1.165) is 40.1 Å². The third-order valence-corrected chi connectivity index (χ3v) is 11.7. The molecule has 58 heavy (non-hydrogen) atoms. The number of β-lactam (4-membered cyclic amide) rings is 1. The van der Waals surface area contributed by atoms with E-state index in [4.69, 9.17) is 10.6 Å². The van der Waals surface area contributed by atoms with Gasteiger partial charge in [0.1, 0.15) is 27.8 Å². The van der Waals surface area contributed by atoms with Crippen molar-refractivity contribution in [1.29, 1.82) is 0 Å². The number of methoxy groups -OCH3 is 1. The molecule has 4 aromatic rings. The van der Waals surface area contributed by atoms with Crippen LogP contribution in [0.2, 0.25) is 0 Å². The zero-order valence-electron chi connectivity index (χ0n) is 30.4. The Labute approximate surface area is 336 Å². The van der Waals surface area contributed by atoms with Crippen molar-refractivity contribution < 1.29 is 57.9 Å². The number of carboxylic acids is 1. The number of fused-ring (bicyclic) bond motifs is 2.